The number of fused-ring (bicyclic) bond motifs is 1. The second-order valence-electron chi connectivity index (χ2n) is 5.27. The van der Waals surface area contributed by atoms with Crippen molar-refractivity contribution in [3.63, 3.8) is 0 Å². The molecule has 7 heteroatoms. The molecule has 0 spiro atoms. The third-order valence-corrected chi connectivity index (χ3v) is 3.58. The summed E-state index contributed by atoms with van der Waals surface area (Å²) in [6.07, 6.45) is 0. The fourth-order valence-electron chi connectivity index (χ4n) is 2.37. The van der Waals surface area contributed by atoms with E-state index in [0.717, 1.165) is 34.9 Å². The monoisotopic (exact) mass is 457 g/mol. The smallest absolute Gasteiger partial charge is 0.191 e. The Labute approximate surface area is 161 Å². The van der Waals surface area contributed by atoms with Crippen molar-refractivity contribution in [1.29, 1.82) is 0 Å². The molecule has 0 atom stereocenters. The lowest BCUT2D eigenvalue weighted by Crippen LogP contribution is -2.36. The van der Waals surface area contributed by atoms with Gasteiger partial charge in [-0.1, -0.05) is 18.2 Å². The van der Waals surface area contributed by atoms with Crippen LogP contribution in [-0.2, 0) is 13.1 Å². The summed E-state index contributed by atoms with van der Waals surface area (Å²) < 4.78 is 32.5. The predicted octanol–water partition coefficient (Wildman–Crippen LogP) is 4.19. The van der Waals surface area contributed by atoms with Gasteiger partial charge in [0.05, 0.1) is 6.54 Å². The molecule has 0 aliphatic heterocycles. The van der Waals surface area contributed by atoms with Crippen LogP contribution in [0.2, 0.25) is 0 Å². The molecule has 2 aromatic carbocycles. The molecular weight excluding hydrogens is 439 g/mol. The molecule has 132 valence electrons. The van der Waals surface area contributed by atoms with Crippen LogP contribution in [0.25, 0.3) is 11.0 Å². The summed E-state index contributed by atoms with van der Waals surface area (Å²) in [5.74, 6) is 0.297. The lowest BCUT2D eigenvalue weighted by Gasteiger charge is -2.11. The van der Waals surface area contributed by atoms with Crippen LogP contribution in [0.1, 0.15) is 11.3 Å². The van der Waals surface area contributed by atoms with Crippen molar-refractivity contribution in [1.82, 2.24) is 10.6 Å². The molecule has 3 rings (SSSR count). The van der Waals surface area contributed by atoms with E-state index < -0.39 is 11.6 Å². The average molecular weight is 457 g/mol. The van der Waals surface area contributed by atoms with Gasteiger partial charge in [-0.3, -0.25) is 4.99 Å². The maximum absolute atomic E-state index is 13.6. The SMILES string of the molecule is CN=C(NCc1cc2ccccc2o1)NCc1cc(F)ccc1F.I. The van der Waals surface area contributed by atoms with Crippen molar-refractivity contribution in [2.45, 2.75) is 13.1 Å². The Hall–Kier alpha value is -2.16. The van der Waals surface area contributed by atoms with Crippen LogP contribution >= 0.6 is 24.0 Å². The van der Waals surface area contributed by atoms with Gasteiger partial charge in [0.25, 0.3) is 0 Å². The number of benzene rings is 2. The van der Waals surface area contributed by atoms with E-state index in [0.29, 0.717) is 12.5 Å². The number of hydrogen-bond acceptors (Lipinski definition) is 2. The molecule has 4 nitrogen and oxygen atoms in total. The number of hydrogen-bond donors (Lipinski definition) is 2. The van der Waals surface area contributed by atoms with Gasteiger partial charge in [0.15, 0.2) is 5.96 Å². The zero-order valence-corrected chi connectivity index (χ0v) is 15.9. The Kier molecular flexibility index (Phi) is 6.74. The van der Waals surface area contributed by atoms with Crippen molar-refractivity contribution in [2.75, 3.05) is 7.05 Å². The standard InChI is InChI=1S/C18H17F2N3O.HI/c1-21-18(22-10-13-8-14(19)6-7-16(13)20)23-11-15-9-12-4-2-3-5-17(12)24-15;/h2-9H,10-11H2,1H3,(H2,21,22,23);1H. The number of nitrogens with one attached hydrogen (secondary N) is 2. The molecule has 0 unspecified atom stereocenters. The molecule has 25 heavy (non-hydrogen) atoms. The van der Waals surface area contributed by atoms with E-state index in [9.17, 15) is 8.78 Å². The first kappa shape index (κ1) is 19.2. The fraction of sp³-hybridized carbons (Fsp3) is 0.167. The Bertz CT molecular complexity index is 847. The number of para-hydroxylation sites is 1. The van der Waals surface area contributed by atoms with Crippen LogP contribution in [0.5, 0.6) is 0 Å². The second-order valence-corrected chi connectivity index (χ2v) is 5.27. The molecule has 0 saturated carbocycles. The minimum absolute atomic E-state index is 0. The zero-order valence-electron chi connectivity index (χ0n) is 13.6. The third kappa shape index (κ3) is 4.91. The van der Waals surface area contributed by atoms with Gasteiger partial charge >= 0.3 is 0 Å². The molecule has 0 aliphatic carbocycles. The molecule has 0 radical (unpaired) electrons. The summed E-state index contributed by atoms with van der Waals surface area (Å²) in [5.41, 5.74) is 1.06. The number of rotatable bonds is 4. The predicted molar refractivity (Wildman–Crippen MR) is 105 cm³/mol. The van der Waals surface area contributed by atoms with Crippen molar-refractivity contribution in [3.8, 4) is 0 Å². The van der Waals surface area contributed by atoms with Gasteiger partial charge in [0, 0.05) is 24.5 Å². The first-order valence-electron chi connectivity index (χ1n) is 7.51. The highest BCUT2D eigenvalue weighted by Crippen LogP contribution is 2.18. The van der Waals surface area contributed by atoms with Gasteiger partial charge in [0.1, 0.15) is 23.0 Å². The summed E-state index contributed by atoms with van der Waals surface area (Å²) in [4.78, 5) is 4.06. The second kappa shape index (κ2) is 8.80. The van der Waals surface area contributed by atoms with Gasteiger partial charge in [-0.2, -0.15) is 0 Å². The van der Waals surface area contributed by atoms with Gasteiger partial charge < -0.3 is 15.1 Å². The number of halogens is 3. The Morgan fingerprint density at radius 3 is 2.56 bits per heavy atom. The molecule has 1 heterocycles. The first-order chi connectivity index (χ1) is 11.7. The Morgan fingerprint density at radius 2 is 1.80 bits per heavy atom. The topological polar surface area (TPSA) is 49.6 Å². The summed E-state index contributed by atoms with van der Waals surface area (Å²) >= 11 is 0. The quantitative estimate of drug-likeness (QED) is 0.351. The Balaban J connectivity index is 0.00000225. The number of furan rings is 1. The minimum Gasteiger partial charge on any atom is -0.459 e. The van der Waals surface area contributed by atoms with E-state index in [-0.39, 0.29) is 36.1 Å². The van der Waals surface area contributed by atoms with Crippen LogP contribution in [0.15, 0.2) is 57.9 Å². The van der Waals surface area contributed by atoms with Gasteiger partial charge in [-0.25, -0.2) is 8.78 Å². The van der Waals surface area contributed by atoms with Gasteiger partial charge in [-0.05, 0) is 30.3 Å². The molecule has 0 aliphatic rings. The molecule has 2 N–H and O–H groups in total. The average Bonchev–Trinajstić information content (AvgIpc) is 3.00. The van der Waals surface area contributed by atoms with Crippen molar-refractivity contribution < 1.29 is 13.2 Å². The molecule has 0 bridgehead atoms. The molecule has 0 amide bonds. The van der Waals surface area contributed by atoms with Crippen LogP contribution in [0, 0.1) is 11.6 Å². The first-order valence-corrected chi connectivity index (χ1v) is 7.51. The van der Waals surface area contributed by atoms with Gasteiger partial charge in [-0.15, -0.1) is 24.0 Å². The number of guanidine groups is 1. The largest absolute Gasteiger partial charge is 0.459 e. The summed E-state index contributed by atoms with van der Waals surface area (Å²) in [5, 5.41) is 7.06. The van der Waals surface area contributed by atoms with E-state index in [2.05, 4.69) is 15.6 Å². The maximum atomic E-state index is 13.6. The molecule has 0 fully saturated rings. The van der Waals surface area contributed by atoms with Crippen molar-refractivity contribution >= 4 is 40.9 Å². The lowest BCUT2D eigenvalue weighted by atomic mass is 10.2. The maximum Gasteiger partial charge on any atom is 0.191 e. The fourth-order valence-corrected chi connectivity index (χ4v) is 2.37. The van der Waals surface area contributed by atoms with E-state index in [4.69, 9.17) is 4.42 Å². The van der Waals surface area contributed by atoms with Crippen molar-refractivity contribution in [2.24, 2.45) is 4.99 Å². The van der Waals surface area contributed by atoms with Crippen LogP contribution in [0.3, 0.4) is 0 Å². The highest BCUT2D eigenvalue weighted by atomic mass is 127. The highest BCUT2D eigenvalue weighted by Gasteiger charge is 2.07. The minimum atomic E-state index is -0.474. The normalized spacial score (nSPS) is 11.2. The zero-order chi connectivity index (χ0) is 16.9. The van der Waals surface area contributed by atoms with Crippen LogP contribution < -0.4 is 10.6 Å². The summed E-state index contributed by atoms with van der Waals surface area (Å²) in [6.45, 7) is 0.559. The molecule has 0 saturated heterocycles. The van der Waals surface area contributed by atoms with E-state index >= 15 is 0 Å². The molecule has 1 aromatic heterocycles. The highest BCUT2D eigenvalue weighted by molar-refractivity contribution is 14.0. The summed E-state index contributed by atoms with van der Waals surface area (Å²) in [6, 6.07) is 13.0. The van der Waals surface area contributed by atoms with Crippen LogP contribution in [0.4, 0.5) is 8.78 Å². The van der Waals surface area contributed by atoms with E-state index in [1.54, 1.807) is 7.05 Å². The summed E-state index contributed by atoms with van der Waals surface area (Å²) in [7, 11) is 1.61. The van der Waals surface area contributed by atoms with E-state index in [1.807, 2.05) is 30.3 Å². The molecular formula is C18H18F2IN3O. The third-order valence-electron chi connectivity index (χ3n) is 3.58. The van der Waals surface area contributed by atoms with E-state index in [1.165, 1.54) is 0 Å². The lowest BCUT2D eigenvalue weighted by molar-refractivity contribution is 0.537. The van der Waals surface area contributed by atoms with Crippen molar-refractivity contribution in [3.05, 3.63) is 71.5 Å². The molecule has 3 aromatic rings. The number of nitrogens with zero attached hydrogens (tertiary/aromatic N) is 1. The number of aliphatic imine (C=N–C) groups is 1. The Morgan fingerprint density at radius 1 is 1.04 bits per heavy atom. The van der Waals surface area contributed by atoms with Crippen LogP contribution in [-0.4, -0.2) is 13.0 Å². The van der Waals surface area contributed by atoms with Gasteiger partial charge in [0.2, 0.25) is 0 Å².